The summed E-state index contributed by atoms with van der Waals surface area (Å²) < 4.78 is 2.20. The molecule has 1 saturated heterocycles. The Balaban J connectivity index is 1.51. The summed E-state index contributed by atoms with van der Waals surface area (Å²) in [6.45, 7) is 10.2. The summed E-state index contributed by atoms with van der Waals surface area (Å²) in [6.07, 6.45) is 4.07. The average molecular weight is 447 g/mol. The van der Waals surface area contributed by atoms with Crippen LogP contribution in [0.5, 0.6) is 0 Å². The molecular formula is C24H26N6OS. The van der Waals surface area contributed by atoms with E-state index in [0.29, 0.717) is 5.17 Å². The van der Waals surface area contributed by atoms with E-state index >= 15 is 0 Å². The number of carbonyl (C=O) groups is 1. The number of rotatable bonds is 2. The van der Waals surface area contributed by atoms with Crippen LogP contribution in [-0.4, -0.2) is 49.6 Å². The van der Waals surface area contributed by atoms with Crippen molar-refractivity contribution in [2.45, 2.75) is 40.5 Å². The van der Waals surface area contributed by atoms with Crippen LogP contribution in [0.1, 0.15) is 40.9 Å². The molecule has 3 aliphatic heterocycles. The second kappa shape index (κ2) is 7.78. The zero-order valence-corrected chi connectivity index (χ0v) is 19.6. The van der Waals surface area contributed by atoms with Gasteiger partial charge in [-0.3, -0.25) is 10.2 Å². The zero-order valence-electron chi connectivity index (χ0n) is 18.8. The summed E-state index contributed by atoms with van der Waals surface area (Å²) in [7, 11) is 0. The number of carbonyl (C=O) groups excluding carboxylic acids is 1. The number of hydrogen-bond acceptors (Lipinski definition) is 5. The molecule has 0 aliphatic carbocycles. The molecule has 1 aromatic heterocycles. The third kappa shape index (κ3) is 3.39. The van der Waals surface area contributed by atoms with Crippen LogP contribution in [0.3, 0.4) is 0 Å². The van der Waals surface area contributed by atoms with Gasteiger partial charge in [-0.05, 0) is 87.2 Å². The largest absolute Gasteiger partial charge is 0.349 e. The molecule has 3 aliphatic rings. The smallest absolute Gasteiger partial charge is 0.283 e. The number of hydrazone groups is 1. The van der Waals surface area contributed by atoms with Gasteiger partial charge in [-0.25, -0.2) is 0 Å². The maximum atomic E-state index is 12.8. The lowest BCUT2D eigenvalue weighted by molar-refractivity contribution is -0.114. The van der Waals surface area contributed by atoms with E-state index in [-0.39, 0.29) is 17.3 Å². The van der Waals surface area contributed by atoms with Gasteiger partial charge in [0.15, 0.2) is 11.0 Å². The number of benzene rings is 1. The number of nitrogens with one attached hydrogen (secondary N) is 1. The molecule has 8 heteroatoms. The summed E-state index contributed by atoms with van der Waals surface area (Å²) >= 11 is 1.38. The molecule has 1 aromatic carbocycles. The van der Waals surface area contributed by atoms with Crippen molar-refractivity contribution >= 4 is 39.9 Å². The van der Waals surface area contributed by atoms with E-state index in [4.69, 9.17) is 5.41 Å². The number of thioether (sulfide) groups is 1. The summed E-state index contributed by atoms with van der Waals surface area (Å²) in [5.74, 6) is -0.304. The predicted molar refractivity (Wildman–Crippen MR) is 131 cm³/mol. The van der Waals surface area contributed by atoms with E-state index in [1.807, 2.05) is 6.92 Å². The van der Waals surface area contributed by atoms with Gasteiger partial charge in [0.2, 0.25) is 5.17 Å². The van der Waals surface area contributed by atoms with E-state index in [1.165, 1.54) is 27.9 Å². The molecule has 1 amide bonds. The molecule has 7 nitrogen and oxygen atoms in total. The fourth-order valence-corrected chi connectivity index (χ4v) is 5.38. The molecule has 0 spiro atoms. The van der Waals surface area contributed by atoms with E-state index < -0.39 is 0 Å². The summed E-state index contributed by atoms with van der Waals surface area (Å²) in [4.78, 5) is 19.3. The predicted octanol–water partition coefficient (Wildman–Crippen LogP) is 4.38. The van der Waals surface area contributed by atoms with Crippen molar-refractivity contribution in [3.05, 3.63) is 57.9 Å². The van der Waals surface area contributed by atoms with Gasteiger partial charge in [0.1, 0.15) is 0 Å². The molecule has 0 saturated carbocycles. The Morgan fingerprint density at radius 2 is 1.81 bits per heavy atom. The van der Waals surface area contributed by atoms with Crippen molar-refractivity contribution in [1.29, 1.82) is 5.41 Å². The second-order valence-electron chi connectivity index (χ2n) is 8.55. The van der Waals surface area contributed by atoms with Gasteiger partial charge in [-0.15, -0.1) is 5.10 Å². The molecule has 0 radical (unpaired) electrons. The molecule has 32 heavy (non-hydrogen) atoms. The van der Waals surface area contributed by atoms with Crippen LogP contribution >= 0.6 is 11.8 Å². The molecule has 1 N–H and O–H groups in total. The minimum atomic E-state index is -0.386. The summed E-state index contributed by atoms with van der Waals surface area (Å²) in [5, 5.41) is 16.1. The number of aryl methyl sites for hydroxylation is 3. The Morgan fingerprint density at radius 1 is 1.06 bits per heavy atom. The van der Waals surface area contributed by atoms with Gasteiger partial charge in [0.05, 0.1) is 5.57 Å². The Bertz CT molecular complexity index is 1250. The van der Waals surface area contributed by atoms with Crippen LogP contribution < -0.4 is 0 Å². The van der Waals surface area contributed by atoms with Gasteiger partial charge in [-0.2, -0.15) is 10.0 Å². The maximum Gasteiger partial charge on any atom is 0.283 e. The van der Waals surface area contributed by atoms with E-state index in [2.05, 4.69) is 64.6 Å². The number of aromatic nitrogens is 1. The first-order valence-electron chi connectivity index (χ1n) is 10.9. The quantitative estimate of drug-likeness (QED) is 0.695. The number of nitrogens with zero attached hydrogens (tertiary/aromatic N) is 5. The standard InChI is InChI=1S/C24H26N6OS/c1-14-7-8-15(2)20(11-14)29-16(3)12-18(17(29)4)13-19-21(25)30-23(26-22(19)31)32-24(27-30)28-9-5-6-10-28/h7-8,11-13,25H,5-6,9-10H2,1-4H3/b19-13+,25-21?. The molecule has 4 heterocycles. The lowest BCUT2D eigenvalue weighted by atomic mass is 10.1. The van der Waals surface area contributed by atoms with Gasteiger partial charge in [-0.1, -0.05) is 12.1 Å². The number of hydrogen-bond donors (Lipinski definition) is 1. The van der Waals surface area contributed by atoms with Crippen LogP contribution in [0.2, 0.25) is 0 Å². The van der Waals surface area contributed by atoms with E-state index in [9.17, 15) is 4.79 Å². The van der Waals surface area contributed by atoms with Crippen molar-refractivity contribution in [2.75, 3.05) is 13.1 Å². The highest BCUT2D eigenvalue weighted by molar-refractivity contribution is 8.26. The molecule has 0 atom stereocenters. The van der Waals surface area contributed by atoms with Crippen molar-refractivity contribution in [1.82, 2.24) is 14.5 Å². The average Bonchev–Trinajstić information content (AvgIpc) is 3.47. The van der Waals surface area contributed by atoms with Crippen molar-refractivity contribution in [3.8, 4) is 5.69 Å². The van der Waals surface area contributed by atoms with Gasteiger partial charge < -0.3 is 9.47 Å². The van der Waals surface area contributed by atoms with Crippen LogP contribution in [0.25, 0.3) is 11.8 Å². The van der Waals surface area contributed by atoms with Crippen molar-refractivity contribution in [3.63, 3.8) is 0 Å². The monoisotopic (exact) mass is 446 g/mol. The van der Waals surface area contributed by atoms with Crippen LogP contribution in [-0.2, 0) is 4.79 Å². The van der Waals surface area contributed by atoms with Gasteiger partial charge in [0, 0.05) is 30.2 Å². The Kier molecular flexibility index (Phi) is 5.04. The highest BCUT2D eigenvalue weighted by Gasteiger charge is 2.37. The molecule has 0 bridgehead atoms. The maximum absolute atomic E-state index is 12.8. The summed E-state index contributed by atoms with van der Waals surface area (Å²) in [6, 6.07) is 8.46. The normalized spacial score (nSPS) is 19.7. The zero-order chi connectivity index (χ0) is 22.6. The molecule has 2 aromatic rings. The SMILES string of the molecule is Cc1ccc(C)c(-n2c(C)cc(/C=C3\C(=N)N4N=C(N5CCCC5)SC4=NC3=O)c2C)c1. The van der Waals surface area contributed by atoms with E-state index in [1.54, 1.807) is 6.08 Å². The molecule has 5 rings (SSSR count). The third-order valence-corrected chi connectivity index (χ3v) is 7.17. The van der Waals surface area contributed by atoms with Gasteiger partial charge >= 0.3 is 0 Å². The first-order chi connectivity index (χ1) is 15.3. The number of fused-ring (bicyclic) bond motifs is 1. The third-order valence-electron chi connectivity index (χ3n) is 6.20. The Morgan fingerprint density at radius 3 is 2.56 bits per heavy atom. The molecule has 164 valence electrons. The minimum absolute atomic E-state index is 0.0817. The van der Waals surface area contributed by atoms with Crippen molar-refractivity contribution < 1.29 is 4.79 Å². The Hall–Kier alpha value is -3.13. The fraction of sp³-hybridized carbons (Fsp3) is 0.333. The van der Waals surface area contributed by atoms with Crippen LogP contribution in [0.15, 0.2) is 39.9 Å². The number of amides is 1. The fourth-order valence-electron chi connectivity index (χ4n) is 4.44. The molecule has 0 unspecified atom stereocenters. The van der Waals surface area contributed by atoms with Gasteiger partial charge in [0.25, 0.3) is 5.91 Å². The number of likely N-dealkylation sites (tertiary alicyclic amines) is 1. The Labute approximate surface area is 192 Å². The summed E-state index contributed by atoms with van der Waals surface area (Å²) in [5.41, 5.74) is 6.79. The van der Waals surface area contributed by atoms with Crippen molar-refractivity contribution in [2.24, 2.45) is 10.1 Å². The molecular weight excluding hydrogens is 420 g/mol. The molecule has 1 fully saturated rings. The highest BCUT2D eigenvalue weighted by Crippen LogP contribution is 2.32. The lowest BCUT2D eigenvalue weighted by Gasteiger charge is -2.20. The first-order valence-corrected chi connectivity index (χ1v) is 11.7. The topological polar surface area (TPSA) is 77.1 Å². The number of amidine groups is 3. The first kappa shape index (κ1) is 20.8. The highest BCUT2D eigenvalue weighted by atomic mass is 32.2. The lowest BCUT2D eigenvalue weighted by Crippen LogP contribution is -2.35. The number of aliphatic imine (C=N–C) groups is 1. The van der Waals surface area contributed by atoms with E-state index in [0.717, 1.165) is 53.7 Å². The van der Waals surface area contributed by atoms with Crippen LogP contribution in [0, 0.1) is 33.1 Å². The second-order valence-corrected chi connectivity index (χ2v) is 9.48. The minimum Gasteiger partial charge on any atom is -0.349 e. The van der Waals surface area contributed by atoms with Crippen LogP contribution in [0.4, 0.5) is 0 Å².